The summed E-state index contributed by atoms with van der Waals surface area (Å²) in [6, 6.07) is 0. The number of rotatable bonds is 7. The van der Waals surface area contributed by atoms with E-state index in [2.05, 4.69) is 15.1 Å². The van der Waals surface area contributed by atoms with Crippen LogP contribution in [0.1, 0.15) is 24.2 Å². The second-order valence-corrected chi connectivity index (χ2v) is 7.02. The maximum Gasteiger partial charge on any atom is 0.244 e. The first-order chi connectivity index (χ1) is 9.95. The molecule has 0 spiro atoms. The Labute approximate surface area is 126 Å². The number of aromatic nitrogens is 2. The van der Waals surface area contributed by atoms with Gasteiger partial charge in [0, 0.05) is 19.7 Å². The van der Waals surface area contributed by atoms with E-state index in [0.29, 0.717) is 31.1 Å². The van der Waals surface area contributed by atoms with E-state index in [1.165, 1.54) is 0 Å². The van der Waals surface area contributed by atoms with E-state index in [4.69, 9.17) is 4.74 Å². The van der Waals surface area contributed by atoms with Crippen LogP contribution in [-0.2, 0) is 21.3 Å². The van der Waals surface area contributed by atoms with E-state index in [-0.39, 0.29) is 11.0 Å². The minimum Gasteiger partial charge on any atom is -0.377 e. The summed E-state index contributed by atoms with van der Waals surface area (Å²) >= 11 is 0. The fraction of sp³-hybridized carbons (Fsp3) is 0.769. The summed E-state index contributed by atoms with van der Waals surface area (Å²) in [4.78, 5) is 0.289. The van der Waals surface area contributed by atoms with Gasteiger partial charge in [-0.25, -0.2) is 13.1 Å². The zero-order valence-electron chi connectivity index (χ0n) is 12.8. The number of sulfonamides is 1. The van der Waals surface area contributed by atoms with E-state index in [9.17, 15) is 8.42 Å². The Kier molecular flexibility index (Phi) is 5.37. The van der Waals surface area contributed by atoms with E-state index in [1.54, 1.807) is 18.5 Å². The van der Waals surface area contributed by atoms with Gasteiger partial charge < -0.3 is 10.1 Å². The zero-order chi connectivity index (χ0) is 15.5. The Bertz CT molecular complexity index is 576. The highest BCUT2D eigenvalue weighted by molar-refractivity contribution is 7.89. The molecule has 1 aliphatic heterocycles. The molecule has 21 heavy (non-hydrogen) atoms. The van der Waals surface area contributed by atoms with E-state index in [1.807, 2.05) is 7.05 Å². The molecule has 1 aromatic rings. The predicted molar refractivity (Wildman–Crippen MR) is 79.8 cm³/mol. The Morgan fingerprint density at radius 1 is 1.43 bits per heavy atom. The summed E-state index contributed by atoms with van der Waals surface area (Å²) in [5.41, 5.74) is 1.20. The number of nitrogens with one attached hydrogen (secondary N) is 2. The minimum absolute atomic E-state index is 0.0141. The normalized spacial score (nSPS) is 19.3. The van der Waals surface area contributed by atoms with E-state index in [0.717, 1.165) is 19.4 Å². The highest BCUT2D eigenvalue weighted by Crippen LogP contribution is 2.20. The van der Waals surface area contributed by atoms with Crippen LogP contribution in [0.4, 0.5) is 0 Å². The molecule has 2 rings (SSSR count). The number of ether oxygens (including phenoxy) is 1. The van der Waals surface area contributed by atoms with Gasteiger partial charge in [-0.05, 0) is 33.7 Å². The smallest absolute Gasteiger partial charge is 0.244 e. The second kappa shape index (κ2) is 6.87. The fourth-order valence-electron chi connectivity index (χ4n) is 2.58. The third-order valence-corrected chi connectivity index (χ3v) is 5.36. The van der Waals surface area contributed by atoms with Crippen molar-refractivity contribution in [3.63, 3.8) is 0 Å². The van der Waals surface area contributed by atoms with Crippen LogP contribution in [0.15, 0.2) is 4.90 Å². The molecule has 1 unspecified atom stereocenters. The molecule has 0 radical (unpaired) electrons. The van der Waals surface area contributed by atoms with Gasteiger partial charge in [0.05, 0.1) is 24.0 Å². The van der Waals surface area contributed by atoms with Gasteiger partial charge in [0.1, 0.15) is 4.90 Å². The summed E-state index contributed by atoms with van der Waals surface area (Å²) < 4.78 is 34.8. The van der Waals surface area contributed by atoms with Crippen molar-refractivity contribution in [3.05, 3.63) is 11.4 Å². The summed E-state index contributed by atoms with van der Waals surface area (Å²) in [6.45, 7) is 5.93. The van der Waals surface area contributed by atoms with Crippen LogP contribution in [0, 0.1) is 13.8 Å². The molecule has 1 aromatic heterocycles. The SMILES string of the molecule is CNCCn1nc(C)c(S(=O)(=O)NCC2CCCO2)c1C. The van der Waals surface area contributed by atoms with Crippen molar-refractivity contribution in [2.75, 3.05) is 26.7 Å². The van der Waals surface area contributed by atoms with Crippen LogP contribution in [0.5, 0.6) is 0 Å². The van der Waals surface area contributed by atoms with Gasteiger partial charge in [0.15, 0.2) is 0 Å². The zero-order valence-corrected chi connectivity index (χ0v) is 13.7. The quantitative estimate of drug-likeness (QED) is 0.749. The highest BCUT2D eigenvalue weighted by Gasteiger charge is 2.26. The van der Waals surface area contributed by atoms with Gasteiger partial charge in [-0.2, -0.15) is 5.10 Å². The maximum atomic E-state index is 12.5. The molecule has 0 saturated carbocycles. The molecule has 0 bridgehead atoms. The van der Waals surface area contributed by atoms with E-state index >= 15 is 0 Å². The third-order valence-electron chi connectivity index (χ3n) is 3.68. The van der Waals surface area contributed by atoms with Gasteiger partial charge in [-0.15, -0.1) is 0 Å². The average molecular weight is 316 g/mol. The van der Waals surface area contributed by atoms with Crippen molar-refractivity contribution < 1.29 is 13.2 Å². The summed E-state index contributed by atoms with van der Waals surface area (Å²) in [5.74, 6) is 0. The third kappa shape index (κ3) is 3.82. The molecule has 7 nitrogen and oxygen atoms in total. The molecule has 1 aliphatic rings. The number of likely N-dealkylation sites (N-methyl/N-ethyl adjacent to an activating group) is 1. The lowest BCUT2D eigenvalue weighted by Crippen LogP contribution is -2.32. The molecule has 120 valence electrons. The molecular formula is C13H24N4O3S. The van der Waals surface area contributed by atoms with Crippen molar-refractivity contribution in [3.8, 4) is 0 Å². The van der Waals surface area contributed by atoms with Crippen LogP contribution in [0.2, 0.25) is 0 Å². The Balaban J connectivity index is 2.13. The van der Waals surface area contributed by atoms with Crippen LogP contribution < -0.4 is 10.0 Å². The maximum absolute atomic E-state index is 12.5. The molecule has 1 saturated heterocycles. The molecule has 0 amide bonds. The molecular weight excluding hydrogens is 292 g/mol. The van der Waals surface area contributed by atoms with Crippen LogP contribution >= 0.6 is 0 Å². The van der Waals surface area contributed by atoms with Crippen molar-refractivity contribution in [1.82, 2.24) is 19.8 Å². The second-order valence-electron chi connectivity index (χ2n) is 5.31. The van der Waals surface area contributed by atoms with Gasteiger partial charge >= 0.3 is 0 Å². The monoisotopic (exact) mass is 316 g/mol. The Morgan fingerprint density at radius 3 is 2.81 bits per heavy atom. The van der Waals surface area contributed by atoms with Crippen molar-refractivity contribution in [2.24, 2.45) is 0 Å². The van der Waals surface area contributed by atoms with Gasteiger partial charge in [-0.1, -0.05) is 0 Å². The fourth-order valence-corrected chi connectivity index (χ4v) is 4.06. The first-order valence-corrected chi connectivity index (χ1v) is 8.74. The number of hydrogen-bond acceptors (Lipinski definition) is 5. The predicted octanol–water partition coefficient (Wildman–Crippen LogP) is 0.177. The Hall–Kier alpha value is -0.960. The van der Waals surface area contributed by atoms with Gasteiger partial charge in [-0.3, -0.25) is 4.68 Å². The summed E-state index contributed by atoms with van der Waals surface area (Å²) in [6.07, 6.45) is 1.88. The number of aryl methyl sites for hydroxylation is 1. The summed E-state index contributed by atoms with van der Waals surface area (Å²) in [5, 5.41) is 7.35. The van der Waals surface area contributed by atoms with Crippen LogP contribution in [-0.4, -0.2) is 51.0 Å². The first kappa shape index (κ1) is 16.4. The van der Waals surface area contributed by atoms with Gasteiger partial charge in [0.2, 0.25) is 10.0 Å². The summed E-state index contributed by atoms with van der Waals surface area (Å²) in [7, 11) is -1.69. The average Bonchev–Trinajstić information content (AvgIpc) is 3.03. The molecule has 2 N–H and O–H groups in total. The molecule has 1 fully saturated rings. The minimum atomic E-state index is -3.55. The molecule has 2 heterocycles. The lowest BCUT2D eigenvalue weighted by Gasteiger charge is -2.11. The number of nitrogens with zero attached hydrogens (tertiary/aromatic N) is 2. The lowest BCUT2D eigenvalue weighted by molar-refractivity contribution is 0.114. The van der Waals surface area contributed by atoms with Crippen molar-refractivity contribution >= 4 is 10.0 Å². The number of hydrogen-bond donors (Lipinski definition) is 2. The molecule has 1 atom stereocenters. The topological polar surface area (TPSA) is 85.2 Å². The first-order valence-electron chi connectivity index (χ1n) is 7.25. The largest absolute Gasteiger partial charge is 0.377 e. The van der Waals surface area contributed by atoms with Crippen molar-refractivity contribution in [2.45, 2.75) is 44.2 Å². The highest BCUT2D eigenvalue weighted by atomic mass is 32.2. The van der Waals surface area contributed by atoms with Crippen molar-refractivity contribution in [1.29, 1.82) is 0 Å². The van der Waals surface area contributed by atoms with Gasteiger partial charge in [0.25, 0.3) is 0 Å². The van der Waals surface area contributed by atoms with E-state index < -0.39 is 10.0 Å². The molecule has 0 aliphatic carbocycles. The standard InChI is InChI=1S/C13H24N4O3S/c1-10-13(11(2)17(16-10)7-6-14-3)21(18,19)15-9-12-5-4-8-20-12/h12,14-15H,4-9H2,1-3H3. The molecule has 8 heteroatoms. The Morgan fingerprint density at radius 2 is 2.19 bits per heavy atom. The lowest BCUT2D eigenvalue weighted by atomic mass is 10.2. The van der Waals surface area contributed by atoms with Crippen LogP contribution in [0.3, 0.4) is 0 Å². The van der Waals surface area contributed by atoms with Crippen LogP contribution in [0.25, 0.3) is 0 Å². The molecule has 0 aromatic carbocycles.